The first-order valence-electron chi connectivity index (χ1n) is 6.99. The Morgan fingerprint density at radius 2 is 2.04 bits per heavy atom. The molecule has 0 saturated carbocycles. The number of carbonyl (C=O) groups is 1. The van der Waals surface area contributed by atoms with E-state index in [4.69, 9.17) is 5.14 Å². The summed E-state index contributed by atoms with van der Waals surface area (Å²) in [5.41, 5.74) is 1.42. The maximum absolute atomic E-state index is 11.9. The van der Waals surface area contributed by atoms with Crippen molar-refractivity contribution in [3.63, 3.8) is 0 Å². The third-order valence-corrected chi connectivity index (χ3v) is 4.28. The van der Waals surface area contributed by atoms with Gasteiger partial charge in [0.2, 0.25) is 10.0 Å². The Kier molecular flexibility index (Phi) is 5.07. The molecule has 0 amide bonds. The summed E-state index contributed by atoms with van der Waals surface area (Å²) in [4.78, 5) is 21.5. The summed E-state index contributed by atoms with van der Waals surface area (Å²) in [6.45, 7) is 2.07. The second kappa shape index (κ2) is 6.84. The fraction of sp³-hybridized carbons (Fsp3) is 0.267. The largest absolute Gasteiger partial charge is 0.368 e. The minimum Gasteiger partial charge on any atom is -0.368 e. The Bertz CT molecular complexity index is 807. The number of aromatic nitrogens is 2. The van der Waals surface area contributed by atoms with Gasteiger partial charge in [0.15, 0.2) is 5.78 Å². The standard InChI is InChI=1S/C15H18N4O3S/c1-3-14(20)11-4-5-13(15(8-11)23(16,21)22)19(2)10-12-9-17-6-7-18-12/h4-9H,3,10H2,1-2H3,(H2,16,21,22). The Balaban J connectivity index is 2.43. The number of carbonyl (C=O) groups excluding carboxylic acids is 1. The van der Waals surface area contributed by atoms with E-state index in [2.05, 4.69) is 9.97 Å². The van der Waals surface area contributed by atoms with E-state index in [0.29, 0.717) is 29.9 Å². The van der Waals surface area contributed by atoms with Crippen LogP contribution in [0.15, 0.2) is 41.7 Å². The lowest BCUT2D eigenvalue weighted by molar-refractivity contribution is 0.0988. The molecule has 0 atom stereocenters. The molecule has 0 aliphatic carbocycles. The normalized spacial score (nSPS) is 11.3. The lowest BCUT2D eigenvalue weighted by Gasteiger charge is -2.21. The lowest BCUT2D eigenvalue weighted by atomic mass is 10.1. The van der Waals surface area contributed by atoms with E-state index in [-0.39, 0.29) is 10.7 Å². The highest BCUT2D eigenvalue weighted by Crippen LogP contribution is 2.26. The zero-order valence-corrected chi connectivity index (χ0v) is 13.7. The summed E-state index contributed by atoms with van der Waals surface area (Å²) in [7, 11) is -2.24. The molecule has 0 unspecified atom stereocenters. The van der Waals surface area contributed by atoms with Gasteiger partial charge in [0.1, 0.15) is 4.90 Å². The van der Waals surface area contributed by atoms with E-state index in [1.54, 1.807) is 49.6 Å². The minimum atomic E-state index is -3.96. The van der Waals surface area contributed by atoms with Gasteiger partial charge in [0.25, 0.3) is 0 Å². The molecule has 1 aromatic heterocycles. The smallest absolute Gasteiger partial charge is 0.240 e. The topological polar surface area (TPSA) is 106 Å². The molecule has 23 heavy (non-hydrogen) atoms. The molecule has 0 bridgehead atoms. The number of sulfonamides is 1. The molecule has 2 N–H and O–H groups in total. The second-order valence-corrected chi connectivity index (χ2v) is 6.59. The van der Waals surface area contributed by atoms with Gasteiger partial charge >= 0.3 is 0 Å². The first-order chi connectivity index (χ1) is 10.8. The van der Waals surface area contributed by atoms with Crippen LogP contribution in [0, 0.1) is 0 Å². The van der Waals surface area contributed by atoms with Gasteiger partial charge < -0.3 is 4.90 Å². The van der Waals surface area contributed by atoms with E-state index in [0.717, 1.165) is 0 Å². The van der Waals surface area contributed by atoms with Crippen molar-refractivity contribution < 1.29 is 13.2 Å². The first kappa shape index (κ1) is 17.0. The highest BCUT2D eigenvalue weighted by Gasteiger charge is 2.19. The number of hydrogen-bond donors (Lipinski definition) is 1. The number of Topliss-reactive ketones (excluding diaryl/α,β-unsaturated/α-hetero) is 1. The maximum atomic E-state index is 11.9. The van der Waals surface area contributed by atoms with E-state index in [1.165, 1.54) is 6.07 Å². The summed E-state index contributed by atoms with van der Waals surface area (Å²) in [6.07, 6.45) is 5.01. The number of benzene rings is 1. The fourth-order valence-corrected chi connectivity index (χ4v) is 2.98. The molecule has 2 rings (SSSR count). The maximum Gasteiger partial charge on any atom is 0.240 e. The molecule has 0 radical (unpaired) electrons. The van der Waals surface area contributed by atoms with Gasteiger partial charge in [-0.25, -0.2) is 13.6 Å². The van der Waals surface area contributed by atoms with Crippen LogP contribution < -0.4 is 10.0 Å². The van der Waals surface area contributed by atoms with Gasteiger partial charge in [0.05, 0.1) is 24.1 Å². The van der Waals surface area contributed by atoms with Crippen LogP contribution in [-0.2, 0) is 16.6 Å². The van der Waals surface area contributed by atoms with Crippen molar-refractivity contribution in [1.29, 1.82) is 0 Å². The Hall–Kier alpha value is -2.32. The number of ketones is 1. The van der Waals surface area contributed by atoms with Gasteiger partial charge in [-0.1, -0.05) is 6.92 Å². The van der Waals surface area contributed by atoms with E-state index in [9.17, 15) is 13.2 Å². The molecule has 122 valence electrons. The third kappa shape index (κ3) is 4.11. The average Bonchev–Trinajstić information content (AvgIpc) is 2.53. The molecule has 0 spiro atoms. The van der Waals surface area contributed by atoms with Crippen molar-refractivity contribution >= 4 is 21.5 Å². The molecule has 7 nitrogen and oxygen atoms in total. The number of nitrogens with zero attached hydrogens (tertiary/aromatic N) is 3. The zero-order valence-electron chi connectivity index (χ0n) is 12.9. The molecular formula is C15H18N4O3S. The van der Waals surface area contributed by atoms with Crippen LogP contribution in [-0.4, -0.2) is 31.2 Å². The van der Waals surface area contributed by atoms with Gasteiger partial charge in [-0.2, -0.15) is 0 Å². The molecule has 1 aromatic carbocycles. The zero-order chi connectivity index (χ0) is 17.0. The first-order valence-corrected chi connectivity index (χ1v) is 8.53. The Morgan fingerprint density at radius 1 is 1.30 bits per heavy atom. The summed E-state index contributed by atoms with van der Waals surface area (Å²) in [5, 5.41) is 5.31. The Labute approximate surface area is 135 Å². The minimum absolute atomic E-state index is 0.0804. The molecular weight excluding hydrogens is 316 g/mol. The highest BCUT2D eigenvalue weighted by molar-refractivity contribution is 7.89. The predicted molar refractivity (Wildman–Crippen MR) is 86.6 cm³/mol. The summed E-state index contributed by atoms with van der Waals surface area (Å²) < 4.78 is 23.8. The molecule has 2 aromatic rings. The van der Waals surface area contributed by atoms with Crippen LogP contribution in [0.5, 0.6) is 0 Å². The van der Waals surface area contributed by atoms with Gasteiger partial charge in [0, 0.05) is 31.4 Å². The number of rotatable bonds is 6. The summed E-state index contributed by atoms with van der Waals surface area (Å²) in [5.74, 6) is -0.141. The summed E-state index contributed by atoms with van der Waals surface area (Å²) in [6, 6.07) is 4.51. The fourth-order valence-electron chi connectivity index (χ4n) is 2.17. The number of primary sulfonamides is 1. The van der Waals surface area contributed by atoms with Gasteiger partial charge in [-0.05, 0) is 18.2 Å². The SMILES string of the molecule is CCC(=O)c1ccc(N(C)Cc2cnccn2)c(S(N)(=O)=O)c1. The lowest BCUT2D eigenvalue weighted by Crippen LogP contribution is -2.23. The molecule has 0 fully saturated rings. The quantitative estimate of drug-likeness (QED) is 0.799. The van der Waals surface area contributed by atoms with Crippen molar-refractivity contribution in [2.24, 2.45) is 5.14 Å². The van der Waals surface area contributed by atoms with Gasteiger partial charge in [-0.15, -0.1) is 0 Å². The van der Waals surface area contributed by atoms with Crippen molar-refractivity contribution in [2.75, 3.05) is 11.9 Å². The van der Waals surface area contributed by atoms with Crippen LogP contribution in [0.3, 0.4) is 0 Å². The van der Waals surface area contributed by atoms with E-state index >= 15 is 0 Å². The molecule has 0 aliphatic heterocycles. The van der Waals surface area contributed by atoms with E-state index in [1.807, 2.05) is 0 Å². The molecule has 0 aliphatic rings. The molecule has 0 saturated heterocycles. The summed E-state index contributed by atoms with van der Waals surface area (Å²) >= 11 is 0. The predicted octanol–water partition coefficient (Wildman–Crippen LogP) is 1.35. The van der Waals surface area contributed by atoms with Crippen LogP contribution in [0.4, 0.5) is 5.69 Å². The van der Waals surface area contributed by atoms with Crippen LogP contribution in [0.2, 0.25) is 0 Å². The molecule has 1 heterocycles. The second-order valence-electron chi connectivity index (χ2n) is 5.06. The van der Waals surface area contributed by atoms with E-state index < -0.39 is 10.0 Å². The Morgan fingerprint density at radius 3 is 2.61 bits per heavy atom. The molecule has 8 heteroatoms. The van der Waals surface area contributed by atoms with Crippen LogP contribution in [0.25, 0.3) is 0 Å². The number of hydrogen-bond acceptors (Lipinski definition) is 6. The van der Waals surface area contributed by atoms with Gasteiger partial charge in [-0.3, -0.25) is 14.8 Å². The van der Waals surface area contributed by atoms with Crippen molar-refractivity contribution in [2.45, 2.75) is 24.8 Å². The monoisotopic (exact) mass is 334 g/mol. The van der Waals surface area contributed by atoms with Crippen LogP contribution in [0.1, 0.15) is 29.4 Å². The average molecular weight is 334 g/mol. The highest BCUT2D eigenvalue weighted by atomic mass is 32.2. The third-order valence-electron chi connectivity index (χ3n) is 3.34. The van der Waals surface area contributed by atoms with Crippen LogP contribution >= 0.6 is 0 Å². The number of nitrogens with two attached hydrogens (primary N) is 1. The van der Waals surface area contributed by atoms with Crippen molar-refractivity contribution in [1.82, 2.24) is 9.97 Å². The van der Waals surface area contributed by atoms with Crippen molar-refractivity contribution in [3.05, 3.63) is 48.0 Å². The number of anilines is 1. The van der Waals surface area contributed by atoms with Crippen molar-refractivity contribution in [3.8, 4) is 0 Å².